The van der Waals surface area contributed by atoms with Crippen LogP contribution in [0.5, 0.6) is 0 Å². The summed E-state index contributed by atoms with van der Waals surface area (Å²) in [6.45, 7) is 7.65. The zero-order valence-electron chi connectivity index (χ0n) is 16.1. The van der Waals surface area contributed by atoms with Crippen molar-refractivity contribution < 1.29 is 18.7 Å². The molecule has 1 aliphatic rings. The van der Waals surface area contributed by atoms with E-state index in [1.807, 2.05) is 6.92 Å². The van der Waals surface area contributed by atoms with Gasteiger partial charge in [0.2, 0.25) is 5.91 Å². The Balaban J connectivity index is 1.88. The molecule has 0 aromatic heterocycles. The minimum Gasteiger partial charge on any atom is -0.444 e. The standard InChI is InChI=1S/C19H27ClFN3O3/c1-18(2,3)27-17(26)22-11-19(4,12-5-6-12)23-10-16(25)24-15-9-13(20)7-8-14(15)21/h7-9,12,23H,5-6,10-11H2,1-4H3,(H,22,26)(H,24,25)/t19-/m1/s1. The molecule has 27 heavy (non-hydrogen) atoms. The first-order valence-corrected chi connectivity index (χ1v) is 9.33. The molecule has 0 saturated heterocycles. The molecule has 0 bridgehead atoms. The maximum absolute atomic E-state index is 13.7. The number of rotatable bonds is 7. The molecule has 1 aliphatic carbocycles. The number of alkyl carbamates (subject to hydrolysis) is 1. The van der Waals surface area contributed by atoms with Gasteiger partial charge in [0.25, 0.3) is 0 Å². The van der Waals surface area contributed by atoms with Crippen molar-refractivity contribution in [2.75, 3.05) is 18.4 Å². The van der Waals surface area contributed by atoms with E-state index in [9.17, 15) is 14.0 Å². The van der Waals surface area contributed by atoms with Gasteiger partial charge in [0, 0.05) is 17.1 Å². The number of hydrogen-bond acceptors (Lipinski definition) is 4. The van der Waals surface area contributed by atoms with Crippen LogP contribution in [-0.2, 0) is 9.53 Å². The third-order valence-electron chi connectivity index (χ3n) is 4.33. The van der Waals surface area contributed by atoms with Crippen LogP contribution in [0.15, 0.2) is 18.2 Å². The highest BCUT2D eigenvalue weighted by Crippen LogP contribution is 2.39. The summed E-state index contributed by atoms with van der Waals surface area (Å²) in [6.07, 6.45) is 1.54. The van der Waals surface area contributed by atoms with Crippen molar-refractivity contribution in [3.05, 3.63) is 29.0 Å². The van der Waals surface area contributed by atoms with Crippen LogP contribution in [0.3, 0.4) is 0 Å². The number of hydrogen-bond donors (Lipinski definition) is 3. The zero-order valence-corrected chi connectivity index (χ0v) is 16.9. The summed E-state index contributed by atoms with van der Waals surface area (Å²) in [5.74, 6) is -0.590. The second-order valence-electron chi connectivity index (χ2n) is 8.07. The van der Waals surface area contributed by atoms with E-state index in [0.717, 1.165) is 12.8 Å². The number of nitrogens with one attached hydrogen (secondary N) is 3. The first kappa shape index (κ1) is 21.4. The van der Waals surface area contributed by atoms with Crippen LogP contribution in [0.4, 0.5) is 14.9 Å². The van der Waals surface area contributed by atoms with Gasteiger partial charge in [0.1, 0.15) is 11.4 Å². The predicted molar refractivity (Wildman–Crippen MR) is 103 cm³/mol. The molecule has 0 spiro atoms. The maximum Gasteiger partial charge on any atom is 0.407 e. The summed E-state index contributed by atoms with van der Waals surface area (Å²) in [7, 11) is 0. The van der Waals surface area contributed by atoms with Crippen LogP contribution in [0.25, 0.3) is 0 Å². The summed E-state index contributed by atoms with van der Waals surface area (Å²) in [4.78, 5) is 24.1. The lowest BCUT2D eigenvalue weighted by molar-refractivity contribution is -0.115. The first-order chi connectivity index (χ1) is 12.5. The molecule has 2 rings (SSSR count). The average Bonchev–Trinajstić information content (AvgIpc) is 3.38. The molecular formula is C19H27ClFN3O3. The minimum atomic E-state index is -0.575. The zero-order chi connectivity index (χ0) is 20.2. The number of amides is 2. The van der Waals surface area contributed by atoms with Crippen molar-refractivity contribution in [1.82, 2.24) is 10.6 Å². The molecule has 0 radical (unpaired) electrons. The number of halogens is 2. The lowest BCUT2D eigenvalue weighted by Gasteiger charge is -2.32. The minimum absolute atomic E-state index is 0.0189. The highest BCUT2D eigenvalue weighted by Gasteiger charge is 2.41. The molecule has 1 atom stereocenters. The van der Waals surface area contributed by atoms with Crippen LogP contribution in [0.2, 0.25) is 5.02 Å². The van der Waals surface area contributed by atoms with Gasteiger partial charge in [0.05, 0.1) is 12.2 Å². The Bertz CT molecular complexity index is 704. The summed E-state index contributed by atoms with van der Waals surface area (Å²) in [5, 5.41) is 8.79. The fourth-order valence-corrected chi connectivity index (χ4v) is 2.88. The molecule has 0 heterocycles. The van der Waals surface area contributed by atoms with Crippen LogP contribution in [-0.4, -0.2) is 36.2 Å². The number of anilines is 1. The van der Waals surface area contributed by atoms with Crippen molar-refractivity contribution in [2.45, 2.75) is 51.7 Å². The summed E-state index contributed by atoms with van der Waals surface area (Å²) in [6, 6.07) is 3.97. The molecule has 2 amide bonds. The van der Waals surface area contributed by atoms with E-state index in [4.69, 9.17) is 16.3 Å². The van der Waals surface area contributed by atoms with E-state index in [1.165, 1.54) is 18.2 Å². The predicted octanol–water partition coefficient (Wildman–Crippen LogP) is 3.70. The Morgan fingerprint density at radius 3 is 2.52 bits per heavy atom. The molecule has 1 aromatic carbocycles. The second kappa shape index (κ2) is 8.44. The van der Waals surface area contributed by atoms with E-state index in [1.54, 1.807) is 20.8 Å². The number of carbonyl (C=O) groups is 2. The Hall–Kier alpha value is -1.86. The fourth-order valence-electron chi connectivity index (χ4n) is 2.71. The van der Waals surface area contributed by atoms with E-state index < -0.39 is 23.1 Å². The summed E-state index contributed by atoms with van der Waals surface area (Å²) < 4.78 is 19.0. The number of carbonyl (C=O) groups excluding carboxylic acids is 2. The van der Waals surface area contributed by atoms with Crippen LogP contribution in [0.1, 0.15) is 40.5 Å². The van der Waals surface area contributed by atoms with Gasteiger partial charge in [-0.2, -0.15) is 0 Å². The lowest BCUT2D eigenvalue weighted by atomic mass is 9.95. The third kappa shape index (κ3) is 6.99. The Labute approximate surface area is 164 Å². The molecule has 6 nitrogen and oxygen atoms in total. The summed E-state index contributed by atoms with van der Waals surface area (Å²) in [5.41, 5.74) is -0.996. The van der Waals surface area contributed by atoms with E-state index in [-0.39, 0.29) is 18.1 Å². The molecule has 3 N–H and O–H groups in total. The molecule has 0 unspecified atom stereocenters. The second-order valence-corrected chi connectivity index (χ2v) is 8.51. The van der Waals surface area contributed by atoms with Crippen LogP contribution < -0.4 is 16.0 Å². The van der Waals surface area contributed by atoms with Crippen molar-refractivity contribution in [1.29, 1.82) is 0 Å². The highest BCUT2D eigenvalue weighted by atomic mass is 35.5. The fraction of sp³-hybridized carbons (Fsp3) is 0.579. The quantitative estimate of drug-likeness (QED) is 0.653. The highest BCUT2D eigenvalue weighted by molar-refractivity contribution is 6.30. The SMILES string of the molecule is CC(C)(C)OC(=O)NC[C@@](C)(NCC(=O)Nc1cc(Cl)ccc1F)C1CC1. The molecule has 150 valence electrons. The van der Waals surface area contributed by atoms with E-state index in [2.05, 4.69) is 16.0 Å². The Morgan fingerprint density at radius 1 is 1.26 bits per heavy atom. The average molecular weight is 400 g/mol. The van der Waals surface area contributed by atoms with Gasteiger partial charge in [-0.15, -0.1) is 0 Å². The monoisotopic (exact) mass is 399 g/mol. The topological polar surface area (TPSA) is 79.5 Å². The van der Waals surface area contributed by atoms with Gasteiger partial charge < -0.3 is 20.7 Å². The molecule has 1 saturated carbocycles. The van der Waals surface area contributed by atoms with Crippen molar-refractivity contribution >= 4 is 29.3 Å². The van der Waals surface area contributed by atoms with Crippen LogP contribution in [0, 0.1) is 11.7 Å². The maximum atomic E-state index is 13.7. The summed E-state index contributed by atoms with van der Waals surface area (Å²) >= 11 is 5.83. The lowest BCUT2D eigenvalue weighted by Crippen LogP contribution is -2.55. The van der Waals surface area contributed by atoms with Crippen LogP contribution >= 0.6 is 11.6 Å². The van der Waals surface area contributed by atoms with Gasteiger partial charge in [-0.05, 0) is 64.7 Å². The van der Waals surface area contributed by atoms with Gasteiger partial charge in [0.15, 0.2) is 0 Å². The molecular weight excluding hydrogens is 373 g/mol. The third-order valence-corrected chi connectivity index (χ3v) is 4.57. The normalized spacial score (nSPS) is 16.4. The van der Waals surface area contributed by atoms with Gasteiger partial charge in [-0.1, -0.05) is 11.6 Å². The molecule has 0 aliphatic heterocycles. The molecule has 1 aromatic rings. The smallest absolute Gasteiger partial charge is 0.407 e. The van der Waals surface area contributed by atoms with E-state index in [0.29, 0.717) is 17.5 Å². The van der Waals surface area contributed by atoms with Gasteiger partial charge in [-0.3, -0.25) is 4.79 Å². The van der Waals surface area contributed by atoms with Gasteiger partial charge >= 0.3 is 6.09 Å². The van der Waals surface area contributed by atoms with Gasteiger partial charge in [-0.25, -0.2) is 9.18 Å². The Morgan fingerprint density at radius 2 is 1.93 bits per heavy atom. The number of ether oxygens (including phenoxy) is 1. The molecule has 8 heteroatoms. The molecule has 1 fully saturated rings. The first-order valence-electron chi connectivity index (χ1n) is 8.95. The van der Waals surface area contributed by atoms with E-state index >= 15 is 0 Å². The van der Waals surface area contributed by atoms with Crippen molar-refractivity contribution in [3.8, 4) is 0 Å². The number of benzene rings is 1. The van der Waals surface area contributed by atoms with Crippen molar-refractivity contribution in [3.63, 3.8) is 0 Å². The largest absolute Gasteiger partial charge is 0.444 e. The van der Waals surface area contributed by atoms with Crippen molar-refractivity contribution in [2.24, 2.45) is 5.92 Å². The Kier molecular flexibility index (Phi) is 6.70.